The highest BCUT2D eigenvalue weighted by atomic mass is 28.3. The number of carbonyl (C=O) groups is 1. The number of allylic oxidation sites excluding steroid dienone is 4. The number of benzene rings is 1. The Bertz CT molecular complexity index is 756. The number of amides is 1. The fraction of sp³-hybridized carbons (Fsp3) is 0.500. The summed E-state index contributed by atoms with van der Waals surface area (Å²) in [7, 11) is -0.735. The summed E-state index contributed by atoms with van der Waals surface area (Å²) in [6.07, 6.45) is 3.45. The number of carbonyl (C=O) groups excluding carboxylic acids is 1. The lowest BCUT2D eigenvalue weighted by atomic mass is 9.86. The molecule has 2 rings (SSSR count). The molecule has 0 heterocycles. The van der Waals surface area contributed by atoms with Gasteiger partial charge in [-0.2, -0.15) is 0 Å². The average molecular weight is 355 g/mol. The van der Waals surface area contributed by atoms with Crippen molar-refractivity contribution in [2.75, 3.05) is 0 Å². The first kappa shape index (κ1) is 19.7. The molecule has 0 aromatic heterocycles. The van der Waals surface area contributed by atoms with E-state index in [1.807, 2.05) is 6.07 Å². The predicted molar refractivity (Wildman–Crippen MR) is 111 cm³/mol. The summed E-state index contributed by atoms with van der Waals surface area (Å²) in [5.74, 6) is 0.0378. The lowest BCUT2D eigenvalue weighted by molar-refractivity contribution is 0.1000. The summed E-state index contributed by atoms with van der Waals surface area (Å²) in [4.78, 5) is 12.3. The standard InChI is InChI=1S/C22H32NOSi/c1-8-9-10-17-11-12-18(22(23)24)20(21(17)25(6)7)19-15(4)13(2)14(3)16(19)5/h11-12,15H,8-10H2,1-7H3,(H2,23,24). The summed E-state index contributed by atoms with van der Waals surface area (Å²) in [5.41, 5.74) is 14.5. The van der Waals surface area contributed by atoms with Crippen LogP contribution in [-0.2, 0) is 6.42 Å². The van der Waals surface area contributed by atoms with Gasteiger partial charge in [0.2, 0.25) is 5.91 Å². The molecule has 0 spiro atoms. The zero-order chi connectivity index (χ0) is 18.9. The molecular formula is C22H32NOSi. The van der Waals surface area contributed by atoms with Crippen molar-refractivity contribution in [2.45, 2.75) is 67.0 Å². The van der Waals surface area contributed by atoms with Gasteiger partial charge in [-0.25, -0.2) is 0 Å². The SMILES string of the molecule is CCCCc1ccc(C(N)=O)c(C2=C(C)C(C)=C(C)C2C)c1[Si](C)C. The first-order valence-corrected chi connectivity index (χ1v) is 11.9. The van der Waals surface area contributed by atoms with Crippen molar-refractivity contribution in [3.63, 3.8) is 0 Å². The molecule has 1 aliphatic rings. The molecule has 1 unspecified atom stereocenters. The Kier molecular flexibility index (Phi) is 6.10. The molecule has 0 saturated heterocycles. The minimum absolute atomic E-state index is 0.309. The van der Waals surface area contributed by atoms with Crippen LogP contribution < -0.4 is 10.9 Å². The van der Waals surface area contributed by atoms with Crippen LogP contribution in [0.15, 0.2) is 28.9 Å². The summed E-state index contributed by atoms with van der Waals surface area (Å²) in [6.45, 7) is 15.7. The Morgan fingerprint density at radius 1 is 1.16 bits per heavy atom. The van der Waals surface area contributed by atoms with E-state index in [-0.39, 0.29) is 5.91 Å². The Morgan fingerprint density at radius 3 is 2.24 bits per heavy atom. The molecule has 1 radical (unpaired) electrons. The summed E-state index contributed by atoms with van der Waals surface area (Å²) < 4.78 is 0. The van der Waals surface area contributed by atoms with Crippen LogP contribution in [-0.4, -0.2) is 14.7 Å². The lowest BCUT2D eigenvalue weighted by Gasteiger charge is -2.24. The number of nitrogens with two attached hydrogens (primary N) is 1. The van der Waals surface area contributed by atoms with Crippen molar-refractivity contribution in [2.24, 2.45) is 11.7 Å². The highest BCUT2D eigenvalue weighted by Crippen LogP contribution is 2.43. The third-order valence-electron chi connectivity index (χ3n) is 5.77. The summed E-state index contributed by atoms with van der Waals surface area (Å²) >= 11 is 0. The zero-order valence-corrected chi connectivity index (χ0v) is 17.8. The van der Waals surface area contributed by atoms with Crippen LogP contribution in [0.25, 0.3) is 5.57 Å². The molecule has 3 heteroatoms. The van der Waals surface area contributed by atoms with Gasteiger partial charge in [-0.05, 0) is 67.5 Å². The minimum Gasteiger partial charge on any atom is -0.366 e. The van der Waals surface area contributed by atoms with Gasteiger partial charge in [0.15, 0.2) is 0 Å². The molecule has 1 amide bonds. The Morgan fingerprint density at radius 2 is 1.80 bits per heavy atom. The van der Waals surface area contributed by atoms with Gasteiger partial charge in [0.1, 0.15) is 0 Å². The molecule has 1 aromatic carbocycles. The van der Waals surface area contributed by atoms with E-state index >= 15 is 0 Å². The maximum Gasteiger partial charge on any atom is 0.249 e. The number of rotatable bonds is 6. The first-order chi connectivity index (χ1) is 11.7. The second-order valence-electron chi connectivity index (χ2n) is 7.56. The van der Waals surface area contributed by atoms with Crippen LogP contribution in [0.3, 0.4) is 0 Å². The average Bonchev–Trinajstić information content (AvgIpc) is 2.75. The first-order valence-electron chi connectivity index (χ1n) is 9.37. The topological polar surface area (TPSA) is 43.1 Å². The molecule has 25 heavy (non-hydrogen) atoms. The van der Waals surface area contributed by atoms with E-state index in [4.69, 9.17) is 5.73 Å². The third-order valence-corrected chi connectivity index (χ3v) is 7.34. The summed E-state index contributed by atoms with van der Waals surface area (Å²) in [5, 5.41) is 1.42. The number of aryl methyl sites for hydroxylation is 1. The van der Waals surface area contributed by atoms with Crippen LogP contribution in [0.1, 0.15) is 68.9 Å². The molecule has 0 saturated carbocycles. The Labute approximate surface area is 154 Å². The number of hydrogen-bond donors (Lipinski definition) is 1. The molecule has 1 aromatic rings. The second kappa shape index (κ2) is 7.73. The van der Waals surface area contributed by atoms with Gasteiger partial charge < -0.3 is 5.73 Å². The maximum absolute atomic E-state index is 12.3. The molecule has 1 atom stereocenters. The van der Waals surface area contributed by atoms with Crippen LogP contribution in [0, 0.1) is 5.92 Å². The monoisotopic (exact) mass is 354 g/mol. The van der Waals surface area contributed by atoms with Gasteiger partial charge in [0, 0.05) is 11.5 Å². The Hall–Kier alpha value is -1.61. The highest BCUT2D eigenvalue weighted by Gasteiger charge is 2.30. The molecule has 135 valence electrons. The molecule has 0 aliphatic heterocycles. The van der Waals surface area contributed by atoms with Crippen LogP contribution in [0.5, 0.6) is 0 Å². The zero-order valence-electron chi connectivity index (χ0n) is 16.8. The molecule has 0 bridgehead atoms. The van der Waals surface area contributed by atoms with E-state index in [9.17, 15) is 4.79 Å². The molecule has 0 fully saturated rings. The smallest absolute Gasteiger partial charge is 0.249 e. The number of hydrogen-bond acceptors (Lipinski definition) is 1. The van der Waals surface area contributed by atoms with Crippen LogP contribution in [0.4, 0.5) is 0 Å². The molecule has 2 N–H and O–H groups in total. The summed E-state index contributed by atoms with van der Waals surface area (Å²) in [6, 6.07) is 4.11. The highest BCUT2D eigenvalue weighted by molar-refractivity contribution is 6.72. The van der Waals surface area contributed by atoms with Crippen LogP contribution >= 0.6 is 0 Å². The third kappa shape index (κ3) is 3.52. The van der Waals surface area contributed by atoms with E-state index in [0.29, 0.717) is 11.5 Å². The number of primary amides is 1. The fourth-order valence-electron chi connectivity index (χ4n) is 4.05. The molecular weight excluding hydrogens is 322 g/mol. The fourth-order valence-corrected chi connectivity index (χ4v) is 5.67. The second-order valence-corrected chi connectivity index (χ2v) is 10.1. The van der Waals surface area contributed by atoms with E-state index in [1.165, 1.54) is 45.9 Å². The largest absolute Gasteiger partial charge is 0.366 e. The van der Waals surface area contributed by atoms with E-state index in [2.05, 4.69) is 53.8 Å². The van der Waals surface area contributed by atoms with Crippen LogP contribution in [0.2, 0.25) is 13.1 Å². The van der Waals surface area contributed by atoms with Gasteiger partial charge in [-0.1, -0.05) is 50.2 Å². The van der Waals surface area contributed by atoms with E-state index in [0.717, 1.165) is 12.0 Å². The molecule has 2 nitrogen and oxygen atoms in total. The quantitative estimate of drug-likeness (QED) is 0.729. The van der Waals surface area contributed by atoms with Crippen molar-refractivity contribution < 1.29 is 4.79 Å². The normalized spacial score (nSPS) is 17.8. The van der Waals surface area contributed by atoms with Gasteiger partial charge in [0.25, 0.3) is 0 Å². The van der Waals surface area contributed by atoms with Gasteiger partial charge in [-0.15, -0.1) is 0 Å². The van der Waals surface area contributed by atoms with Crippen molar-refractivity contribution in [1.29, 1.82) is 0 Å². The van der Waals surface area contributed by atoms with Gasteiger partial charge in [-0.3, -0.25) is 4.79 Å². The van der Waals surface area contributed by atoms with Crippen molar-refractivity contribution in [1.82, 2.24) is 0 Å². The predicted octanol–water partition coefficient (Wildman–Crippen LogP) is 4.85. The van der Waals surface area contributed by atoms with Gasteiger partial charge in [0.05, 0.1) is 8.80 Å². The van der Waals surface area contributed by atoms with Gasteiger partial charge >= 0.3 is 0 Å². The minimum atomic E-state index is -0.735. The Balaban J connectivity index is 2.80. The van der Waals surface area contributed by atoms with Crippen molar-refractivity contribution in [3.05, 3.63) is 45.5 Å². The van der Waals surface area contributed by atoms with Crippen molar-refractivity contribution >= 4 is 25.5 Å². The number of unbranched alkanes of at least 4 members (excludes halogenated alkanes) is 1. The molecule has 1 aliphatic carbocycles. The lowest BCUT2D eigenvalue weighted by Crippen LogP contribution is -2.34. The van der Waals surface area contributed by atoms with E-state index < -0.39 is 8.80 Å². The maximum atomic E-state index is 12.3. The van der Waals surface area contributed by atoms with E-state index in [1.54, 1.807) is 0 Å². The van der Waals surface area contributed by atoms with Crippen molar-refractivity contribution in [3.8, 4) is 0 Å².